The number of amides is 4. The molecule has 2 N–H and O–H groups in total. The van der Waals surface area contributed by atoms with Crippen LogP contribution in [0.3, 0.4) is 0 Å². The summed E-state index contributed by atoms with van der Waals surface area (Å²) in [7, 11) is 3.03. The monoisotopic (exact) mass is 511 g/mol. The Morgan fingerprint density at radius 3 is 2.62 bits per heavy atom. The minimum atomic E-state index is -1.01. The fraction of sp³-hybridized carbons (Fsp3) is 0.593. The number of anilines is 1. The zero-order chi connectivity index (χ0) is 27.5. The minimum absolute atomic E-state index is 0.0545. The van der Waals surface area contributed by atoms with Crippen LogP contribution < -0.4 is 10.6 Å². The molecule has 1 saturated heterocycles. The molecule has 200 valence electrons. The fourth-order valence-electron chi connectivity index (χ4n) is 5.18. The summed E-state index contributed by atoms with van der Waals surface area (Å²) < 4.78 is 4.91. The van der Waals surface area contributed by atoms with Crippen LogP contribution in [0, 0.1) is 16.7 Å². The number of benzene rings is 1. The summed E-state index contributed by atoms with van der Waals surface area (Å²) in [6.45, 7) is 7.76. The van der Waals surface area contributed by atoms with E-state index in [9.17, 15) is 24.4 Å². The maximum atomic E-state index is 14.0. The molecule has 0 unspecified atom stereocenters. The van der Waals surface area contributed by atoms with Crippen molar-refractivity contribution in [2.75, 3.05) is 32.6 Å². The molecule has 0 bridgehead atoms. The summed E-state index contributed by atoms with van der Waals surface area (Å²) >= 11 is 0. The highest BCUT2D eigenvalue weighted by atomic mass is 16.5. The number of para-hydroxylation sites is 1. The third-order valence-electron chi connectivity index (χ3n) is 7.10. The molecule has 0 radical (unpaired) electrons. The molecular formula is C27H37N5O5. The molecule has 10 nitrogen and oxygen atoms in total. The second-order valence-electron chi connectivity index (χ2n) is 11.2. The normalized spacial score (nSPS) is 22.1. The molecule has 3 rings (SSSR count). The van der Waals surface area contributed by atoms with Crippen LogP contribution in [-0.4, -0.2) is 78.9 Å². The summed E-state index contributed by atoms with van der Waals surface area (Å²) in [5.41, 5.74) is 0.135. The maximum absolute atomic E-state index is 14.0. The summed E-state index contributed by atoms with van der Waals surface area (Å²) in [4.78, 5) is 55.4. The number of hydrogen-bond acceptors (Lipinski definition) is 6. The van der Waals surface area contributed by atoms with Gasteiger partial charge in [-0.3, -0.25) is 19.2 Å². The Bertz CT molecular complexity index is 1110. The van der Waals surface area contributed by atoms with E-state index < -0.39 is 29.4 Å². The molecule has 2 aliphatic heterocycles. The number of methoxy groups -OCH3 is 1. The molecule has 2 aliphatic rings. The number of nitrogens with zero attached hydrogens (tertiary/aromatic N) is 3. The van der Waals surface area contributed by atoms with Crippen LogP contribution in [0.5, 0.6) is 0 Å². The number of nitrogens with one attached hydrogen (secondary N) is 2. The lowest BCUT2D eigenvalue weighted by molar-refractivity contribution is -0.147. The first-order valence-corrected chi connectivity index (χ1v) is 12.5. The van der Waals surface area contributed by atoms with Crippen LogP contribution in [-0.2, 0) is 29.3 Å². The van der Waals surface area contributed by atoms with E-state index in [0.29, 0.717) is 12.1 Å². The van der Waals surface area contributed by atoms with E-state index in [1.54, 1.807) is 14.0 Å². The van der Waals surface area contributed by atoms with Crippen molar-refractivity contribution >= 4 is 29.3 Å². The quantitative estimate of drug-likeness (QED) is 0.547. The second-order valence-corrected chi connectivity index (χ2v) is 11.2. The van der Waals surface area contributed by atoms with Gasteiger partial charge in [0, 0.05) is 39.2 Å². The average Bonchev–Trinajstić information content (AvgIpc) is 3.37. The van der Waals surface area contributed by atoms with Gasteiger partial charge in [0.2, 0.25) is 23.6 Å². The first-order chi connectivity index (χ1) is 17.3. The number of fused-ring (bicyclic) bond motifs is 2. The molecule has 0 aromatic heterocycles. The highest BCUT2D eigenvalue weighted by Crippen LogP contribution is 2.46. The Labute approximate surface area is 218 Å². The summed E-state index contributed by atoms with van der Waals surface area (Å²) in [6.07, 6.45) is 0.637. The van der Waals surface area contributed by atoms with Gasteiger partial charge in [-0.25, -0.2) is 0 Å². The molecule has 1 aromatic rings. The van der Waals surface area contributed by atoms with Crippen LogP contribution in [0.2, 0.25) is 0 Å². The molecule has 4 atom stereocenters. The molecule has 10 heteroatoms. The van der Waals surface area contributed by atoms with E-state index in [4.69, 9.17) is 4.74 Å². The van der Waals surface area contributed by atoms with Crippen molar-refractivity contribution in [3.05, 3.63) is 29.8 Å². The minimum Gasteiger partial charge on any atom is -0.384 e. The summed E-state index contributed by atoms with van der Waals surface area (Å²) in [5.74, 6) is -1.36. The van der Waals surface area contributed by atoms with Crippen molar-refractivity contribution in [1.82, 2.24) is 15.1 Å². The third-order valence-corrected chi connectivity index (χ3v) is 7.10. The van der Waals surface area contributed by atoms with Gasteiger partial charge >= 0.3 is 0 Å². The van der Waals surface area contributed by atoms with Gasteiger partial charge in [-0.1, -0.05) is 39.0 Å². The van der Waals surface area contributed by atoms with Crippen molar-refractivity contribution in [2.24, 2.45) is 5.41 Å². The highest BCUT2D eigenvalue weighted by Gasteiger charge is 2.56. The van der Waals surface area contributed by atoms with E-state index in [1.807, 2.05) is 45.0 Å². The number of ether oxygens (including phenoxy) is 1. The van der Waals surface area contributed by atoms with Crippen LogP contribution >= 0.6 is 0 Å². The van der Waals surface area contributed by atoms with Crippen LogP contribution in [0.4, 0.5) is 5.69 Å². The average molecular weight is 512 g/mol. The topological polar surface area (TPSA) is 132 Å². The Morgan fingerprint density at radius 1 is 1.32 bits per heavy atom. The van der Waals surface area contributed by atoms with Crippen LogP contribution in [0.1, 0.15) is 52.5 Å². The molecule has 1 spiro atoms. The Kier molecular flexibility index (Phi) is 8.28. The van der Waals surface area contributed by atoms with Gasteiger partial charge in [-0.15, -0.1) is 0 Å². The molecule has 1 aromatic carbocycles. The number of carbonyl (C=O) groups is 4. The van der Waals surface area contributed by atoms with Gasteiger partial charge in [0.25, 0.3) is 0 Å². The predicted octanol–water partition coefficient (Wildman–Crippen LogP) is 1.81. The largest absolute Gasteiger partial charge is 0.384 e. The fourth-order valence-corrected chi connectivity index (χ4v) is 5.18. The van der Waals surface area contributed by atoms with E-state index in [-0.39, 0.29) is 49.1 Å². The zero-order valence-electron chi connectivity index (χ0n) is 22.5. The van der Waals surface area contributed by atoms with Gasteiger partial charge < -0.3 is 25.2 Å². The van der Waals surface area contributed by atoms with Crippen molar-refractivity contribution < 1.29 is 23.9 Å². The van der Waals surface area contributed by atoms with E-state index in [1.165, 1.54) is 16.9 Å². The van der Waals surface area contributed by atoms with Crippen molar-refractivity contribution in [3.8, 4) is 6.07 Å². The lowest BCUT2D eigenvalue weighted by Crippen LogP contribution is -2.56. The van der Waals surface area contributed by atoms with E-state index in [0.717, 1.165) is 5.56 Å². The first kappa shape index (κ1) is 28.1. The van der Waals surface area contributed by atoms with Crippen molar-refractivity contribution in [2.45, 2.75) is 70.5 Å². The van der Waals surface area contributed by atoms with Crippen molar-refractivity contribution in [1.29, 1.82) is 5.26 Å². The molecule has 4 amide bonds. The van der Waals surface area contributed by atoms with Crippen LogP contribution in [0.15, 0.2) is 24.3 Å². The van der Waals surface area contributed by atoms with E-state index in [2.05, 4.69) is 16.7 Å². The van der Waals surface area contributed by atoms with Gasteiger partial charge in [0.15, 0.2) is 0 Å². The van der Waals surface area contributed by atoms with E-state index >= 15 is 0 Å². The van der Waals surface area contributed by atoms with Gasteiger partial charge in [0.1, 0.15) is 18.1 Å². The highest BCUT2D eigenvalue weighted by molar-refractivity contribution is 6.07. The Morgan fingerprint density at radius 2 is 2.00 bits per heavy atom. The number of rotatable bonds is 8. The second kappa shape index (κ2) is 10.9. The van der Waals surface area contributed by atoms with Gasteiger partial charge in [-0.05, 0) is 30.4 Å². The lowest BCUT2D eigenvalue weighted by atomic mass is 9.80. The Hall–Kier alpha value is -3.45. The zero-order valence-corrected chi connectivity index (χ0v) is 22.5. The molecule has 2 heterocycles. The standard InChI is InChI=1S/C27H37N5O5/c1-17(29-22(33)11-12-37-6)23(34)31(5)21(14-26(2,3)4)24(35)32-16-27(13-18(32)15-28)19-9-7-8-10-20(19)30-25(27)36/h7-10,17-18,21H,11-14,16H2,1-6H3,(H,29,33)(H,30,36)/t17-,18-,21-,27-/m0/s1. The first-order valence-electron chi connectivity index (χ1n) is 12.5. The predicted molar refractivity (Wildman–Crippen MR) is 137 cm³/mol. The van der Waals surface area contributed by atoms with Crippen molar-refractivity contribution in [3.63, 3.8) is 0 Å². The number of carbonyl (C=O) groups excluding carboxylic acids is 4. The molecule has 37 heavy (non-hydrogen) atoms. The third kappa shape index (κ3) is 5.77. The number of hydrogen-bond donors (Lipinski definition) is 2. The SMILES string of the molecule is COCCC(=O)N[C@@H](C)C(=O)N(C)[C@@H](CC(C)(C)C)C(=O)N1C[C@]2(C[C@H]1C#N)C(=O)Nc1ccccc12. The number of likely N-dealkylation sites (N-methyl/N-ethyl adjacent to an activating group) is 1. The maximum Gasteiger partial charge on any atom is 0.246 e. The van der Waals surface area contributed by atoms with Gasteiger partial charge in [0.05, 0.1) is 18.1 Å². The molecular weight excluding hydrogens is 474 g/mol. The molecule has 0 aliphatic carbocycles. The number of nitriles is 1. The smallest absolute Gasteiger partial charge is 0.246 e. The molecule has 1 fully saturated rings. The number of likely N-dealkylation sites (tertiary alicyclic amines) is 1. The lowest BCUT2D eigenvalue weighted by Gasteiger charge is -2.36. The van der Waals surface area contributed by atoms with Gasteiger partial charge in [-0.2, -0.15) is 5.26 Å². The summed E-state index contributed by atoms with van der Waals surface area (Å²) in [5, 5.41) is 15.5. The Balaban J connectivity index is 1.87. The molecule has 0 saturated carbocycles. The summed E-state index contributed by atoms with van der Waals surface area (Å²) in [6, 6.07) is 6.98. The van der Waals surface area contributed by atoms with Crippen LogP contribution in [0.25, 0.3) is 0 Å².